The maximum Gasteiger partial charge on any atom is 0.317 e. The van der Waals surface area contributed by atoms with E-state index < -0.39 is 12.1 Å². The number of carboxylic acid groups (broad SMARTS) is 1. The molecule has 1 N–H and O–H groups in total. The quantitative estimate of drug-likeness (QED) is 0.416. The zero-order chi connectivity index (χ0) is 23.8. The predicted molar refractivity (Wildman–Crippen MR) is 124 cm³/mol. The molecule has 0 radical (unpaired) electrons. The van der Waals surface area contributed by atoms with E-state index in [0.29, 0.717) is 36.0 Å². The first-order chi connectivity index (χ1) is 15.8. The van der Waals surface area contributed by atoms with Crippen LogP contribution < -0.4 is 14.2 Å². The van der Waals surface area contributed by atoms with Crippen molar-refractivity contribution in [3.05, 3.63) is 83.7 Å². The Morgan fingerprint density at radius 1 is 1.03 bits per heavy atom. The van der Waals surface area contributed by atoms with E-state index in [0.717, 1.165) is 11.1 Å². The highest BCUT2D eigenvalue weighted by atomic mass is 19.1. The lowest BCUT2D eigenvalue weighted by Crippen LogP contribution is -2.28. The lowest BCUT2D eigenvalue weighted by molar-refractivity contribution is -0.138. The maximum absolute atomic E-state index is 13.5. The second-order valence-corrected chi connectivity index (χ2v) is 7.79. The van der Waals surface area contributed by atoms with Crippen LogP contribution in [0, 0.1) is 12.7 Å². The molecule has 0 heterocycles. The number of likely N-dealkylation sites (N-methyl/N-ethyl adjacent to an activating group) is 1. The molecule has 0 spiro atoms. The first-order valence-electron chi connectivity index (χ1n) is 10.6. The summed E-state index contributed by atoms with van der Waals surface area (Å²) in [5.74, 6) is 1.34. The molecule has 0 aliphatic rings. The molecule has 0 aliphatic carbocycles. The lowest BCUT2D eigenvalue weighted by Gasteiger charge is -2.23. The first kappa shape index (κ1) is 24.1. The Labute approximate surface area is 193 Å². The number of carboxylic acids is 1. The molecule has 0 bridgehead atoms. The molecule has 0 fully saturated rings. The van der Waals surface area contributed by atoms with Gasteiger partial charge in [-0.2, -0.15) is 0 Å². The van der Waals surface area contributed by atoms with Crippen molar-refractivity contribution in [2.24, 2.45) is 0 Å². The summed E-state index contributed by atoms with van der Waals surface area (Å²) in [5.41, 5.74) is 1.74. The van der Waals surface area contributed by atoms with Crippen molar-refractivity contribution < 1.29 is 28.5 Å². The number of hydrogen-bond donors (Lipinski definition) is 1. The van der Waals surface area contributed by atoms with Crippen LogP contribution >= 0.6 is 0 Å². The van der Waals surface area contributed by atoms with Gasteiger partial charge in [-0.1, -0.05) is 24.3 Å². The average Bonchev–Trinajstić information content (AvgIpc) is 2.79. The third-order valence-electron chi connectivity index (χ3n) is 5.13. The van der Waals surface area contributed by atoms with E-state index in [-0.39, 0.29) is 12.4 Å². The summed E-state index contributed by atoms with van der Waals surface area (Å²) in [6, 6.07) is 19.0. The van der Waals surface area contributed by atoms with E-state index in [1.165, 1.54) is 12.1 Å². The van der Waals surface area contributed by atoms with Gasteiger partial charge in [-0.15, -0.1) is 0 Å². The van der Waals surface area contributed by atoms with E-state index >= 15 is 0 Å². The summed E-state index contributed by atoms with van der Waals surface area (Å²) in [6.07, 6.45) is 0.129. The standard InChI is InChI=1S/C26H28FNO5/c1-18-7-12-23(16-25(18)33-22-6-4-5-21(15-22)31-3)32-24(13-14-28(2)17-26(29)30)19-8-10-20(27)11-9-19/h4-12,15-16,24H,13-14,17H2,1-3H3,(H,29,30). The smallest absolute Gasteiger partial charge is 0.317 e. The summed E-state index contributed by atoms with van der Waals surface area (Å²) >= 11 is 0. The number of methoxy groups -OCH3 is 1. The predicted octanol–water partition coefficient (Wildman–Crippen LogP) is 5.46. The van der Waals surface area contributed by atoms with Gasteiger partial charge in [0.1, 0.15) is 34.9 Å². The van der Waals surface area contributed by atoms with E-state index in [4.69, 9.17) is 19.3 Å². The number of rotatable bonds is 11. The number of aryl methyl sites for hydroxylation is 1. The summed E-state index contributed by atoms with van der Waals surface area (Å²) in [5, 5.41) is 9.01. The molecule has 0 aromatic heterocycles. The van der Waals surface area contributed by atoms with Gasteiger partial charge < -0.3 is 19.3 Å². The Morgan fingerprint density at radius 2 is 1.76 bits per heavy atom. The summed E-state index contributed by atoms with van der Waals surface area (Å²) in [4.78, 5) is 12.7. The zero-order valence-electron chi connectivity index (χ0n) is 19.0. The molecule has 174 valence electrons. The third-order valence-corrected chi connectivity index (χ3v) is 5.13. The minimum atomic E-state index is -0.894. The van der Waals surface area contributed by atoms with Gasteiger partial charge in [0.2, 0.25) is 0 Å². The molecule has 3 aromatic carbocycles. The number of hydrogen-bond acceptors (Lipinski definition) is 5. The van der Waals surface area contributed by atoms with Gasteiger partial charge in [0.15, 0.2) is 0 Å². The molecule has 0 saturated heterocycles. The Morgan fingerprint density at radius 3 is 2.45 bits per heavy atom. The van der Waals surface area contributed by atoms with Crippen LogP contribution in [0.3, 0.4) is 0 Å². The third kappa shape index (κ3) is 7.22. The van der Waals surface area contributed by atoms with Crippen LogP contribution in [-0.4, -0.2) is 43.2 Å². The average molecular weight is 454 g/mol. The zero-order valence-corrected chi connectivity index (χ0v) is 19.0. The van der Waals surface area contributed by atoms with Gasteiger partial charge in [-0.05, 0) is 55.4 Å². The summed E-state index contributed by atoms with van der Waals surface area (Å²) in [7, 11) is 3.34. The normalized spacial score (nSPS) is 11.8. The fourth-order valence-electron chi connectivity index (χ4n) is 3.34. The molecule has 3 rings (SSSR count). The second-order valence-electron chi connectivity index (χ2n) is 7.79. The van der Waals surface area contributed by atoms with E-state index in [1.54, 1.807) is 37.3 Å². The van der Waals surface area contributed by atoms with Gasteiger partial charge in [0, 0.05) is 25.1 Å². The van der Waals surface area contributed by atoms with Crippen LogP contribution in [0.2, 0.25) is 0 Å². The van der Waals surface area contributed by atoms with Gasteiger partial charge in [-0.3, -0.25) is 9.69 Å². The number of ether oxygens (including phenoxy) is 3. The van der Waals surface area contributed by atoms with Crippen molar-refractivity contribution >= 4 is 5.97 Å². The molecular weight excluding hydrogens is 425 g/mol. The van der Waals surface area contributed by atoms with Crippen molar-refractivity contribution in [2.75, 3.05) is 27.2 Å². The number of benzene rings is 3. The fourth-order valence-corrected chi connectivity index (χ4v) is 3.34. The van der Waals surface area contributed by atoms with E-state index in [2.05, 4.69) is 0 Å². The minimum absolute atomic E-state index is 0.0702. The van der Waals surface area contributed by atoms with Crippen molar-refractivity contribution in [1.82, 2.24) is 4.90 Å². The Kier molecular flexibility index (Phi) is 8.27. The Balaban J connectivity index is 1.80. The number of nitrogens with zero attached hydrogens (tertiary/aromatic N) is 1. The monoisotopic (exact) mass is 453 g/mol. The van der Waals surface area contributed by atoms with Gasteiger partial charge in [-0.25, -0.2) is 4.39 Å². The lowest BCUT2D eigenvalue weighted by atomic mass is 10.1. The number of carbonyl (C=O) groups is 1. The molecule has 7 heteroatoms. The number of halogens is 1. The van der Waals surface area contributed by atoms with Crippen LogP contribution in [0.5, 0.6) is 23.0 Å². The summed E-state index contributed by atoms with van der Waals surface area (Å²) in [6.45, 7) is 2.37. The molecule has 33 heavy (non-hydrogen) atoms. The highest BCUT2D eigenvalue weighted by Crippen LogP contribution is 2.33. The maximum atomic E-state index is 13.5. The molecule has 0 amide bonds. The SMILES string of the molecule is COc1cccc(Oc2cc(OC(CCN(C)CC(=O)O)c3ccc(F)cc3)ccc2C)c1. The molecule has 1 atom stereocenters. The highest BCUT2D eigenvalue weighted by Gasteiger charge is 2.17. The molecule has 0 aliphatic heterocycles. The largest absolute Gasteiger partial charge is 0.497 e. The fraction of sp³-hybridized carbons (Fsp3) is 0.269. The first-order valence-corrected chi connectivity index (χ1v) is 10.6. The van der Waals surface area contributed by atoms with Gasteiger partial charge >= 0.3 is 5.97 Å². The van der Waals surface area contributed by atoms with Crippen molar-refractivity contribution in [3.63, 3.8) is 0 Å². The molecule has 1 unspecified atom stereocenters. The molecule has 6 nitrogen and oxygen atoms in total. The van der Waals surface area contributed by atoms with Crippen LogP contribution in [0.25, 0.3) is 0 Å². The Bertz CT molecular complexity index is 1070. The van der Waals surface area contributed by atoms with E-state index in [1.807, 2.05) is 43.3 Å². The molecule has 0 saturated carbocycles. The summed E-state index contributed by atoms with van der Waals surface area (Å²) < 4.78 is 31.0. The topological polar surface area (TPSA) is 68.2 Å². The van der Waals surface area contributed by atoms with Gasteiger partial charge in [0.25, 0.3) is 0 Å². The van der Waals surface area contributed by atoms with E-state index in [9.17, 15) is 9.18 Å². The van der Waals surface area contributed by atoms with Crippen molar-refractivity contribution in [2.45, 2.75) is 19.4 Å². The van der Waals surface area contributed by atoms with Crippen molar-refractivity contribution in [1.29, 1.82) is 0 Å². The molecule has 3 aromatic rings. The molecular formula is C26H28FNO5. The van der Waals surface area contributed by atoms with Gasteiger partial charge in [0.05, 0.1) is 13.7 Å². The highest BCUT2D eigenvalue weighted by molar-refractivity contribution is 5.69. The van der Waals surface area contributed by atoms with Crippen LogP contribution in [0.1, 0.15) is 23.7 Å². The Hall–Kier alpha value is -3.58. The van der Waals surface area contributed by atoms with Crippen LogP contribution in [0.15, 0.2) is 66.7 Å². The minimum Gasteiger partial charge on any atom is -0.497 e. The van der Waals surface area contributed by atoms with Crippen LogP contribution in [-0.2, 0) is 4.79 Å². The van der Waals surface area contributed by atoms with Crippen LogP contribution in [0.4, 0.5) is 4.39 Å². The van der Waals surface area contributed by atoms with Crippen molar-refractivity contribution in [3.8, 4) is 23.0 Å². The second kappa shape index (κ2) is 11.3. The number of aliphatic carboxylic acids is 1.